The molecule has 1 atom stereocenters. The van der Waals surface area contributed by atoms with E-state index in [0.717, 1.165) is 19.4 Å². The van der Waals surface area contributed by atoms with Crippen molar-refractivity contribution in [3.63, 3.8) is 0 Å². The van der Waals surface area contributed by atoms with Gasteiger partial charge in [-0.1, -0.05) is 11.3 Å². The molecule has 0 spiro atoms. The molecule has 0 saturated heterocycles. The highest BCUT2D eigenvalue weighted by atomic mass is 32.1. The Hall–Kier alpha value is -2.79. The van der Waals surface area contributed by atoms with E-state index in [0.29, 0.717) is 45.7 Å². The van der Waals surface area contributed by atoms with Crippen molar-refractivity contribution in [2.45, 2.75) is 52.3 Å². The van der Waals surface area contributed by atoms with Gasteiger partial charge in [0, 0.05) is 19.1 Å². The van der Waals surface area contributed by atoms with Crippen molar-refractivity contribution in [2.24, 2.45) is 5.92 Å². The lowest BCUT2D eigenvalue weighted by Gasteiger charge is -2.24. The number of thiazole rings is 1. The van der Waals surface area contributed by atoms with Crippen molar-refractivity contribution >= 4 is 28.5 Å². The molecule has 1 aromatic heterocycles. The van der Waals surface area contributed by atoms with Gasteiger partial charge < -0.3 is 19.3 Å². The van der Waals surface area contributed by atoms with Gasteiger partial charge in [0.25, 0.3) is 5.91 Å². The molecule has 1 fully saturated rings. The number of carbonyl (C=O) groups is 2. The molecule has 190 valence electrons. The smallest absolute Gasteiger partial charge is 0.413 e. The second-order valence-electron chi connectivity index (χ2n) is 9.25. The molecule has 1 aliphatic carbocycles. The van der Waals surface area contributed by atoms with Crippen LogP contribution in [0.4, 0.5) is 18.7 Å². The predicted octanol–water partition coefficient (Wildman–Crippen LogP) is 4.97. The molecule has 2 aliphatic rings. The summed E-state index contributed by atoms with van der Waals surface area (Å²) in [7, 11) is 3.88. The van der Waals surface area contributed by atoms with E-state index in [4.69, 9.17) is 9.47 Å². The lowest BCUT2D eigenvalue weighted by atomic mass is 10.0. The third-order valence-corrected chi connectivity index (χ3v) is 7.38. The molecule has 0 unspecified atom stereocenters. The molecule has 2 amide bonds. The number of alkyl halides is 2. The van der Waals surface area contributed by atoms with Crippen LogP contribution >= 0.6 is 11.3 Å². The number of carbonyl (C=O) groups excluding carboxylic acids is 2. The van der Waals surface area contributed by atoms with Gasteiger partial charge in [-0.15, -0.1) is 0 Å². The first-order valence-electron chi connectivity index (χ1n) is 11.6. The highest BCUT2D eigenvalue weighted by Gasteiger charge is 2.40. The van der Waals surface area contributed by atoms with E-state index in [1.165, 1.54) is 17.4 Å². The number of hydrogen-bond donors (Lipinski definition) is 1. The van der Waals surface area contributed by atoms with Gasteiger partial charge in [0.2, 0.25) is 0 Å². The molecule has 0 bridgehead atoms. The standard InChI is InChI=1S/C24H30F2N4O4S/c1-13-20(35-23(27-13)28-24(32)33-9-5-8-29(3)4)16-10-17-12-30(14(2)15-6-7-15)21(31)19(17)18(11-16)34-22(25)26/h10-11,14-15,22H,5-9,12H2,1-4H3,(H,27,28,32)/t14-/m0/s1. The van der Waals surface area contributed by atoms with Gasteiger partial charge in [-0.3, -0.25) is 10.1 Å². The summed E-state index contributed by atoms with van der Waals surface area (Å²) < 4.78 is 36.4. The summed E-state index contributed by atoms with van der Waals surface area (Å²) in [4.78, 5) is 34.0. The fourth-order valence-electron chi connectivity index (χ4n) is 4.31. The first-order valence-corrected chi connectivity index (χ1v) is 12.4. The van der Waals surface area contributed by atoms with Crippen molar-refractivity contribution in [3.05, 3.63) is 29.0 Å². The largest absolute Gasteiger partial charge is 0.449 e. The minimum atomic E-state index is -3.06. The normalized spacial score (nSPS) is 16.1. The predicted molar refractivity (Wildman–Crippen MR) is 129 cm³/mol. The number of benzene rings is 1. The van der Waals surface area contributed by atoms with E-state index in [2.05, 4.69) is 10.3 Å². The number of aromatic nitrogens is 1. The molecular weight excluding hydrogens is 478 g/mol. The van der Waals surface area contributed by atoms with Gasteiger partial charge in [-0.25, -0.2) is 9.78 Å². The Kier molecular flexibility index (Phi) is 7.56. The van der Waals surface area contributed by atoms with Gasteiger partial charge in [0.1, 0.15) is 5.75 Å². The second kappa shape index (κ2) is 10.4. The SMILES string of the molecule is Cc1nc(NC(=O)OCCCN(C)C)sc1-c1cc2c(c(OC(F)F)c1)C(=O)N([C@@H](C)C1CC1)C2. The van der Waals surface area contributed by atoms with E-state index in [-0.39, 0.29) is 29.9 Å². The van der Waals surface area contributed by atoms with Crippen LogP contribution in [-0.4, -0.2) is 66.7 Å². The molecular formula is C24H30F2N4O4S. The van der Waals surface area contributed by atoms with Crippen LogP contribution < -0.4 is 10.1 Å². The molecule has 2 aromatic rings. The van der Waals surface area contributed by atoms with Gasteiger partial charge in [0.05, 0.1) is 22.7 Å². The van der Waals surface area contributed by atoms with Crippen LogP contribution in [0.2, 0.25) is 0 Å². The van der Waals surface area contributed by atoms with E-state index < -0.39 is 12.7 Å². The van der Waals surface area contributed by atoms with Crippen LogP contribution in [0.3, 0.4) is 0 Å². The summed E-state index contributed by atoms with van der Waals surface area (Å²) in [5.41, 5.74) is 2.07. The van der Waals surface area contributed by atoms with Crippen molar-refractivity contribution in [1.82, 2.24) is 14.8 Å². The van der Waals surface area contributed by atoms with Crippen LogP contribution in [0.15, 0.2) is 12.1 Å². The highest BCUT2D eigenvalue weighted by Crippen LogP contribution is 2.43. The molecule has 11 heteroatoms. The van der Waals surface area contributed by atoms with Crippen molar-refractivity contribution in [2.75, 3.05) is 32.6 Å². The highest BCUT2D eigenvalue weighted by molar-refractivity contribution is 7.19. The minimum Gasteiger partial charge on any atom is -0.449 e. The van der Waals surface area contributed by atoms with Crippen molar-refractivity contribution < 1.29 is 27.8 Å². The topological polar surface area (TPSA) is 84.0 Å². The molecule has 35 heavy (non-hydrogen) atoms. The summed E-state index contributed by atoms with van der Waals surface area (Å²) in [5.74, 6) is 0.0415. The van der Waals surface area contributed by atoms with Gasteiger partial charge in [-0.05, 0) is 76.4 Å². The number of nitrogens with zero attached hydrogens (tertiary/aromatic N) is 3. The molecule has 1 aliphatic heterocycles. The van der Waals surface area contributed by atoms with E-state index >= 15 is 0 Å². The number of ether oxygens (including phenoxy) is 2. The zero-order valence-corrected chi connectivity index (χ0v) is 21.1. The third kappa shape index (κ3) is 5.90. The molecule has 8 nitrogen and oxygen atoms in total. The number of hydrogen-bond acceptors (Lipinski definition) is 7. The Labute approximate surface area is 207 Å². The van der Waals surface area contributed by atoms with E-state index in [1.807, 2.05) is 32.0 Å². The summed E-state index contributed by atoms with van der Waals surface area (Å²) in [6.45, 7) is 2.15. The fourth-order valence-corrected chi connectivity index (χ4v) is 5.25. The Morgan fingerprint density at radius 2 is 2.09 bits per heavy atom. The number of halogens is 2. The average molecular weight is 509 g/mol. The fraction of sp³-hybridized carbons (Fsp3) is 0.542. The summed E-state index contributed by atoms with van der Waals surface area (Å²) in [6, 6.07) is 3.33. The third-order valence-electron chi connectivity index (χ3n) is 6.26. The van der Waals surface area contributed by atoms with Gasteiger partial charge >= 0.3 is 12.7 Å². The number of rotatable bonds is 10. The molecule has 1 N–H and O–H groups in total. The first-order chi connectivity index (χ1) is 16.6. The van der Waals surface area contributed by atoms with Crippen molar-refractivity contribution in [3.8, 4) is 16.2 Å². The van der Waals surface area contributed by atoms with E-state index in [9.17, 15) is 18.4 Å². The number of anilines is 1. The minimum absolute atomic E-state index is 0.0439. The maximum atomic E-state index is 13.2. The van der Waals surface area contributed by atoms with Crippen LogP contribution in [0, 0.1) is 12.8 Å². The lowest BCUT2D eigenvalue weighted by molar-refractivity contribution is -0.0501. The number of amides is 2. The molecule has 4 rings (SSSR count). The maximum Gasteiger partial charge on any atom is 0.413 e. The molecule has 0 radical (unpaired) electrons. The summed E-state index contributed by atoms with van der Waals surface area (Å²) in [6.07, 6.45) is 2.25. The van der Waals surface area contributed by atoms with Gasteiger partial charge in [0.15, 0.2) is 5.13 Å². The zero-order valence-electron chi connectivity index (χ0n) is 20.3. The Balaban J connectivity index is 1.54. The second-order valence-corrected chi connectivity index (χ2v) is 10.2. The summed E-state index contributed by atoms with van der Waals surface area (Å²) in [5, 5.41) is 2.97. The zero-order chi connectivity index (χ0) is 25.3. The molecule has 2 heterocycles. The first kappa shape index (κ1) is 25.3. The molecule has 1 aromatic carbocycles. The van der Waals surface area contributed by atoms with Crippen LogP contribution in [-0.2, 0) is 11.3 Å². The van der Waals surface area contributed by atoms with E-state index in [1.54, 1.807) is 11.8 Å². The Morgan fingerprint density at radius 1 is 1.34 bits per heavy atom. The summed E-state index contributed by atoms with van der Waals surface area (Å²) >= 11 is 1.21. The van der Waals surface area contributed by atoms with Crippen molar-refractivity contribution in [1.29, 1.82) is 0 Å². The quantitative estimate of drug-likeness (QED) is 0.456. The Bertz CT molecular complexity index is 1100. The van der Waals surface area contributed by atoms with Crippen LogP contribution in [0.5, 0.6) is 5.75 Å². The van der Waals surface area contributed by atoms with Crippen LogP contribution in [0.1, 0.15) is 47.8 Å². The molecule has 1 saturated carbocycles. The monoisotopic (exact) mass is 508 g/mol. The van der Waals surface area contributed by atoms with Gasteiger partial charge in [-0.2, -0.15) is 8.78 Å². The van der Waals surface area contributed by atoms with Crippen LogP contribution in [0.25, 0.3) is 10.4 Å². The number of fused-ring (bicyclic) bond motifs is 1. The number of nitrogens with one attached hydrogen (secondary N) is 1. The maximum absolute atomic E-state index is 13.2. The Morgan fingerprint density at radius 3 is 2.74 bits per heavy atom. The average Bonchev–Trinajstić information content (AvgIpc) is 3.49. The lowest BCUT2D eigenvalue weighted by Crippen LogP contribution is -2.34. The number of aryl methyl sites for hydroxylation is 1.